The van der Waals surface area contributed by atoms with Crippen LogP contribution in [0, 0.1) is 0 Å². The summed E-state index contributed by atoms with van der Waals surface area (Å²) in [5.74, 6) is 0.713. The first-order chi connectivity index (χ1) is 13.7. The van der Waals surface area contributed by atoms with Crippen LogP contribution >= 0.6 is 0 Å². The summed E-state index contributed by atoms with van der Waals surface area (Å²) in [6.45, 7) is 7.08. The summed E-state index contributed by atoms with van der Waals surface area (Å²) in [4.78, 5) is 14.2. The molecule has 0 saturated heterocycles. The second-order valence-electron chi connectivity index (χ2n) is 6.88. The quantitative estimate of drug-likeness (QED) is 0.551. The van der Waals surface area contributed by atoms with Crippen molar-refractivity contribution in [1.29, 1.82) is 0 Å². The van der Waals surface area contributed by atoms with Crippen LogP contribution in [-0.4, -0.2) is 51.3 Å². The average Bonchev–Trinajstić information content (AvgIpc) is 2.67. The Kier molecular flexibility index (Phi) is 8.22. The Labute approximate surface area is 173 Å². The van der Waals surface area contributed by atoms with Crippen LogP contribution in [0.3, 0.4) is 0 Å². The Bertz CT molecular complexity index is 905. The van der Waals surface area contributed by atoms with Crippen molar-refractivity contribution in [3.05, 3.63) is 65.2 Å². The molecule has 0 aliphatic carbocycles. The zero-order chi connectivity index (χ0) is 21.4. The van der Waals surface area contributed by atoms with Crippen molar-refractivity contribution in [1.82, 2.24) is 4.90 Å². The highest BCUT2D eigenvalue weighted by atomic mass is 32.2. The van der Waals surface area contributed by atoms with Gasteiger partial charge in [-0.05, 0) is 50.1 Å². The maximum Gasteiger partial charge on any atom is 0.264 e. The molecule has 2 aromatic carbocycles. The third kappa shape index (κ3) is 7.18. The predicted molar refractivity (Wildman–Crippen MR) is 114 cm³/mol. The van der Waals surface area contributed by atoms with Gasteiger partial charge < -0.3 is 9.64 Å². The van der Waals surface area contributed by atoms with Gasteiger partial charge >= 0.3 is 0 Å². The predicted octanol–water partition coefficient (Wildman–Crippen LogP) is 3.50. The molecule has 0 heterocycles. The van der Waals surface area contributed by atoms with E-state index in [1.807, 2.05) is 62.4 Å². The molecule has 6 nitrogen and oxygen atoms in total. The molecule has 1 atom stereocenters. The number of carbonyl (C=O) groups is 1. The summed E-state index contributed by atoms with van der Waals surface area (Å²) in [5.41, 5.74) is 2.70. The Hall–Kier alpha value is -2.38. The second-order valence-corrected chi connectivity index (χ2v) is 8.48. The van der Waals surface area contributed by atoms with Gasteiger partial charge in [0.15, 0.2) is 0 Å². The average molecular weight is 420 g/mol. The first kappa shape index (κ1) is 22.9. The van der Waals surface area contributed by atoms with Crippen molar-refractivity contribution in [2.75, 3.05) is 26.0 Å². The van der Waals surface area contributed by atoms with Crippen molar-refractivity contribution < 1.29 is 22.1 Å². The lowest BCUT2D eigenvalue weighted by Crippen LogP contribution is -2.30. The molecule has 0 bridgehead atoms. The number of benzene rings is 2. The van der Waals surface area contributed by atoms with E-state index in [4.69, 9.17) is 8.92 Å². The largest absolute Gasteiger partial charge is 0.491 e. The lowest BCUT2D eigenvalue weighted by molar-refractivity contribution is 0.0773. The molecule has 2 rings (SSSR count). The van der Waals surface area contributed by atoms with Gasteiger partial charge in [0.1, 0.15) is 18.5 Å². The fourth-order valence-electron chi connectivity index (χ4n) is 3.00. The molecule has 0 radical (unpaired) electrons. The van der Waals surface area contributed by atoms with Gasteiger partial charge in [-0.15, -0.1) is 0 Å². The summed E-state index contributed by atoms with van der Waals surface area (Å²) >= 11 is 0. The zero-order valence-corrected chi connectivity index (χ0v) is 18.2. The number of para-hydroxylation sites is 1. The van der Waals surface area contributed by atoms with Crippen LogP contribution in [0.2, 0.25) is 0 Å². The molecule has 0 N–H and O–H groups in total. The standard InChI is InChI=1S/C22H29NO5S/c1-5-23(6-2)22(24)19-13-11-18(12-14-19)15-20-9-7-8-10-21(20)27-16-17(3)28-29(4,25)26/h7-14,17H,5-6,15-16H2,1-4H3/t17-/m0/s1. The monoisotopic (exact) mass is 419 g/mol. The number of ether oxygens (including phenoxy) is 1. The lowest BCUT2D eigenvalue weighted by atomic mass is 10.0. The van der Waals surface area contributed by atoms with E-state index in [9.17, 15) is 13.2 Å². The molecule has 7 heteroatoms. The van der Waals surface area contributed by atoms with Crippen molar-refractivity contribution >= 4 is 16.0 Å². The summed E-state index contributed by atoms with van der Waals surface area (Å²) in [7, 11) is -3.52. The molecule has 0 unspecified atom stereocenters. The minimum absolute atomic E-state index is 0.0325. The number of carbonyl (C=O) groups excluding carboxylic acids is 1. The van der Waals surface area contributed by atoms with Crippen molar-refractivity contribution in [3.8, 4) is 5.75 Å². The summed E-state index contributed by atoms with van der Waals surface area (Å²) in [6.07, 6.45) is 1.08. The normalized spacial score (nSPS) is 12.4. The molecular formula is C22H29NO5S. The molecule has 2 aromatic rings. The van der Waals surface area contributed by atoms with Crippen molar-refractivity contribution in [2.24, 2.45) is 0 Å². The highest BCUT2D eigenvalue weighted by Crippen LogP contribution is 2.22. The fraction of sp³-hybridized carbons (Fsp3) is 0.409. The number of hydrogen-bond donors (Lipinski definition) is 0. The van der Waals surface area contributed by atoms with Crippen molar-refractivity contribution in [3.63, 3.8) is 0 Å². The highest BCUT2D eigenvalue weighted by Gasteiger charge is 2.14. The highest BCUT2D eigenvalue weighted by molar-refractivity contribution is 7.86. The lowest BCUT2D eigenvalue weighted by Gasteiger charge is -2.18. The van der Waals surface area contributed by atoms with Crippen LogP contribution in [0.25, 0.3) is 0 Å². The maximum atomic E-state index is 12.4. The van der Waals surface area contributed by atoms with E-state index in [1.165, 1.54) is 0 Å². The van der Waals surface area contributed by atoms with Gasteiger partial charge in [-0.1, -0.05) is 30.3 Å². The van der Waals surface area contributed by atoms with Crippen LogP contribution in [0.5, 0.6) is 5.75 Å². The topological polar surface area (TPSA) is 72.9 Å². The second kappa shape index (κ2) is 10.4. The van der Waals surface area contributed by atoms with Gasteiger partial charge in [0, 0.05) is 25.1 Å². The van der Waals surface area contributed by atoms with E-state index < -0.39 is 16.2 Å². The van der Waals surface area contributed by atoms with Gasteiger partial charge in [-0.25, -0.2) is 0 Å². The number of amides is 1. The third-order valence-corrected chi connectivity index (χ3v) is 5.11. The number of rotatable bonds is 10. The smallest absolute Gasteiger partial charge is 0.264 e. The number of hydrogen-bond acceptors (Lipinski definition) is 5. The summed E-state index contributed by atoms with van der Waals surface area (Å²) in [6, 6.07) is 15.2. The van der Waals surface area contributed by atoms with Crippen LogP contribution in [0.1, 0.15) is 42.3 Å². The van der Waals surface area contributed by atoms with Crippen molar-refractivity contribution in [2.45, 2.75) is 33.3 Å². The molecule has 0 spiro atoms. The van der Waals surface area contributed by atoms with Gasteiger partial charge in [0.2, 0.25) is 0 Å². The van der Waals surface area contributed by atoms with E-state index in [0.717, 1.165) is 17.4 Å². The Morgan fingerprint density at radius 2 is 1.66 bits per heavy atom. The molecule has 0 aromatic heterocycles. The van der Waals surface area contributed by atoms with Gasteiger partial charge in [0.05, 0.1) is 6.26 Å². The van der Waals surface area contributed by atoms with Gasteiger partial charge in [-0.2, -0.15) is 8.42 Å². The Morgan fingerprint density at radius 3 is 2.24 bits per heavy atom. The molecule has 0 fully saturated rings. The van der Waals surface area contributed by atoms with E-state index in [-0.39, 0.29) is 12.5 Å². The van der Waals surface area contributed by atoms with E-state index in [1.54, 1.807) is 11.8 Å². The first-order valence-corrected chi connectivity index (χ1v) is 11.5. The fourth-order valence-corrected chi connectivity index (χ4v) is 3.65. The van der Waals surface area contributed by atoms with Crippen LogP contribution < -0.4 is 4.74 Å². The molecule has 29 heavy (non-hydrogen) atoms. The van der Waals surface area contributed by atoms with Crippen LogP contribution in [0.15, 0.2) is 48.5 Å². The van der Waals surface area contributed by atoms with Crippen LogP contribution in [0.4, 0.5) is 0 Å². The number of nitrogens with zero attached hydrogens (tertiary/aromatic N) is 1. The van der Waals surface area contributed by atoms with E-state index in [2.05, 4.69) is 0 Å². The summed E-state index contributed by atoms with van der Waals surface area (Å²) in [5, 5.41) is 0. The Morgan fingerprint density at radius 1 is 1.03 bits per heavy atom. The maximum absolute atomic E-state index is 12.4. The van der Waals surface area contributed by atoms with Gasteiger partial charge in [0.25, 0.3) is 16.0 Å². The summed E-state index contributed by atoms with van der Waals surface area (Å²) < 4.78 is 33.1. The molecular weight excluding hydrogens is 390 g/mol. The van der Waals surface area contributed by atoms with E-state index in [0.29, 0.717) is 30.8 Å². The first-order valence-electron chi connectivity index (χ1n) is 9.70. The zero-order valence-electron chi connectivity index (χ0n) is 17.4. The molecule has 0 aliphatic heterocycles. The molecule has 1 amide bonds. The molecule has 0 saturated carbocycles. The van der Waals surface area contributed by atoms with Gasteiger partial charge in [-0.3, -0.25) is 8.98 Å². The van der Waals surface area contributed by atoms with Crippen LogP contribution in [-0.2, 0) is 20.7 Å². The Balaban J connectivity index is 2.06. The third-order valence-electron chi connectivity index (χ3n) is 4.43. The molecule has 158 valence electrons. The van der Waals surface area contributed by atoms with E-state index >= 15 is 0 Å². The SMILES string of the molecule is CCN(CC)C(=O)c1ccc(Cc2ccccc2OC[C@H](C)OS(C)(=O)=O)cc1. The minimum atomic E-state index is -3.52. The minimum Gasteiger partial charge on any atom is -0.491 e. The molecule has 0 aliphatic rings.